The van der Waals surface area contributed by atoms with Gasteiger partial charge in [0.05, 0.1) is 5.69 Å². The molecule has 1 fully saturated rings. The normalized spacial score (nSPS) is 18.9. The quantitative estimate of drug-likeness (QED) is 0.504. The number of carbonyl (C=O) groups is 2. The number of anilines is 1. The number of urea groups is 1. The molecule has 3 aromatic rings. The van der Waals surface area contributed by atoms with Crippen molar-refractivity contribution in [2.45, 2.75) is 58.4 Å². The summed E-state index contributed by atoms with van der Waals surface area (Å²) in [4.78, 5) is 24.8. The maximum atomic E-state index is 12.8. The van der Waals surface area contributed by atoms with Gasteiger partial charge in [-0.2, -0.15) is 5.10 Å². The van der Waals surface area contributed by atoms with Crippen molar-refractivity contribution in [2.24, 2.45) is 0 Å². The van der Waals surface area contributed by atoms with E-state index in [1.165, 1.54) is 0 Å². The first kappa shape index (κ1) is 21.8. The SMILES string of the molecule is CC1CC(=O)NC(n2nc(C(C)(C)C)cc2NC(=O)NCc2cccc3ccccc23)N1. The van der Waals surface area contributed by atoms with Gasteiger partial charge in [0.1, 0.15) is 5.82 Å². The van der Waals surface area contributed by atoms with Gasteiger partial charge in [0.25, 0.3) is 0 Å². The number of fused-ring (bicyclic) bond motifs is 1. The van der Waals surface area contributed by atoms with Crippen LogP contribution in [0.5, 0.6) is 0 Å². The van der Waals surface area contributed by atoms with Crippen LogP contribution >= 0.6 is 0 Å². The van der Waals surface area contributed by atoms with Crippen molar-refractivity contribution in [2.75, 3.05) is 5.32 Å². The number of benzene rings is 2. The Morgan fingerprint density at radius 1 is 1.19 bits per heavy atom. The Hall–Kier alpha value is -3.39. The van der Waals surface area contributed by atoms with Crippen LogP contribution in [0.3, 0.4) is 0 Å². The van der Waals surface area contributed by atoms with Gasteiger partial charge in [-0.05, 0) is 23.3 Å². The molecule has 1 aliphatic heterocycles. The Morgan fingerprint density at radius 3 is 2.69 bits per heavy atom. The molecule has 32 heavy (non-hydrogen) atoms. The molecule has 2 heterocycles. The molecule has 1 saturated heterocycles. The summed E-state index contributed by atoms with van der Waals surface area (Å²) in [6, 6.07) is 15.7. The van der Waals surface area contributed by atoms with Crippen LogP contribution in [-0.4, -0.2) is 27.8 Å². The fraction of sp³-hybridized carbons (Fsp3) is 0.375. The van der Waals surface area contributed by atoms with E-state index in [1.54, 1.807) is 4.68 Å². The van der Waals surface area contributed by atoms with Gasteiger partial charge in [0.15, 0.2) is 6.29 Å². The van der Waals surface area contributed by atoms with E-state index in [0.29, 0.717) is 18.8 Å². The maximum absolute atomic E-state index is 12.8. The second-order valence-corrected chi connectivity index (χ2v) is 9.30. The molecule has 2 aromatic carbocycles. The Balaban J connectivity index is 1.53. The lowest BCUT2D eigenvalue weighted by molar-refractivity contribution is -0.125. The number of nitrogens with zero attached hydrogens (tertiary/aromatic N) is 2. The largest absolute Gasteiger partial charge is 0.334 e. The highest BCUT2D eigenvalue weighted by molar-refractivity contribution is 5.90. The zero-order valence-corrected chi connectivity index (χ0v) is 18.9. The summed E-state index contributed by atoms with van der Waals surface area (Å²) in [6.07, 6.45) is -0.131. The first-order valence-electron chi connectivity index (χ1n) is 10.9. The van der Waals surface area contributed by atoms with E-state index in [-0.39, 0.29) is 23.4 Å². The monoisotopic (exact) mass is 434 g/mol. The molecule has 4 N–H and O–H groups in total. The van der Waals surface area contributed by atoms with Gasteiger partial charge in [0.2, 0.25) is 5.91 Å². The smallest absolute Gasteiger partial charge is 0.320 e. The van der Waals surface area contributed by atoms with Gasteiger partial charge in [-0.15, -0.1) is 0 Å². The van der Waals surface area contributed by atoms with Gasteiger partial charge in [-0.25, -0.2) is 9.48 Å². The Kier molecular flexibility index (Phi) is 5.88. The minimum Gasteiger partial charge on any atom is -0.334 e. The number of nitrogens with one attached hydrogen (secondary N) is 4. The summed E-state index contributed by atoms with van der Waals surface area (Å²) in [5.74, 6) is 0.456. The van der Waals surface area contributed by atoms with Gasteiger partial charge < -0.3 is 10.6 Å². The molecule has 168 valence electrons. The highest BCUT2D eigenvalue weighted by atomic mass is 16.2. The summed E-state index contributed by atoms with van der Waals surface area (Å²) in [7, 11) is 0. The third kappa shape index (κ3) is 4.75. The molecule has 0 spiro atoms. The third-order valence-electron chi connectivity index (χ3n) is 5.54. The van der Waals surface area contributed by atoms with Crippen molar-refractivity contribution in [1.82, 2.24) is 25.7 Å². The average Bonchev–Trinajstić information content (AvgIpc) is 3.16. The second-order valence-electron chi connectivity index (χ2n) is 9.30. The number of carbonyl (C=O) groups excluding carboxylic acids is 2. The van der Waals surface area contributed by atoms with Crippen molar-refractivity contribution >= 4 is 28.5 Å². The lowest BCUT2D eigenvalue weighted by atomic mass is 9.92. The van der Waals surface area contributed by atoms with Gasteiger partial charge in [-0.3, -0.25) is 15.4 Å². The molecule has 2 atom stereocenters. The van der Waals surface area contributed by atoms with Crippen molar-refractivity contribution < 1.29 is 9.59 Å². The highest BCUT2D eigenvalue weighted by Gasteiger charge is 2.29. The van der Waals surface area contributed by atoms with E-state index in [4.69, 9.17) is 0 Å². The van der Waals surface area contributed by atoms with E-state index >= 15 is 0 Å². The first-order valence-corrected chi connectivity index (χ1v) is 10.9. The van der Waals surface area contributed by atoms with E-state index in [0.717, 1.165) is 22.0 Å². The highest BCUT2D eigenvalue weighted by Crippen LogP contribution is 2.26. The molecular formula is C24H30N6O2. The van der Waals surface area contributed by atoms with Crippen molar-refractivity contribution in [3.05, 3.63) is 59.8 Å². The van der Waals surface area contributed by atoms with Gasteiger partial charge >= 0.3 is 6.03 Å². The van der Waals surface area contributed by atoms with Crippen LogP contribution in [0.25, 0.3) is 10.8 Å². The Bertz CT molecular complexity index is 1140. The predicted octanol–water partition coefficient (Wildman–Crippen LogP) is 3.61. The maximum Gasteiger partial charge on any atom is 0.320 e. The molecule has 0 saturated carbocycles. The van der Waals surface area contributed by atoms with Crippen LogP contribution in [0.4, 0.5) is 10.6 Å². The molecule has 3 amide bonds. The lowest BCUT2D eigenvalue weighted by Crippen LogP contribution is -2.52. The second kappa shape index (κ2) is 8.63. The van der Waals surface area contributed by atoms with Crippen LogP contribution in [-0.2, 0) is 16.8 Å². The van der Waals surface area contributed by atoms with E-state index in [9.17, 15) is 9.59 Å². The molecule has 0 bridgehead atoms. The molecule has 1 aromatic heterocycles. The van der Waals surface area contributed by atoms with E-state index in [2.05, 4.69) is 59.3 Å². The minimum absolute atomic E-state index is 0.00377. The molecule has 0 radical (unpaired) electrons. The Morgan fingerprint density at radius 2 is 1.94 bits per heavy atom. The van der Waals surface area contributed by atoms with Crippen LogP contribution in [0, 0.1) is 0 Å². The number of aromatic nitrogens is 2. The van der Waals surface area contributed by atoms with Crippen LogP contribution in [0.1, 0.15) is 51.7 Å². The third-order valence-corrected chi connectivity index (χ3v) is 5.54. The standard InChI is InChI=1S/C24H30N6O2/c1-15-12-21(31)28-22(26-15)30-20(13-19(29-30)24(2,3)4)27-23(32)25-14-17-10-7-9-16-8-5-6-11-18(16)17/h5-11,13,15,22,26H,12,14H2,1-4H3,(H,28,31)(H2,25,27,32). The summed E-state index contributed by atoms with van der Waals surface area (Å²) >= 11 is 0. The number of hydrogen-bond donors (Lipinski definition) is 4. The van der Waals surface area contributed by atoms with Crippen LogP contribution in [0.15, 0.2) is 48.5 Å². The topological polar surface area (TPSA) is 100 Å². The minimum atomic E-state index is -0.532. The summed E-state index contributed by atoms with van der Waals surface area (Å²) < 4.78 is 1.63. The summed E-state index contributed by atoms with van der Waals surface area (Å²) in [5.41, 5.74) is 1.64. The summed E-state index contributed by atoms with van der Waals surface area (Å²) in [5, 5.41) is 19.0. The van der Waals surface area contributed by atoms with Gasteiger partial charge in [0, 0.05) is 30.5 Å². The number of amides is 3. The van der Waals surface area contributed by atoms with Crippen LogP contribution in [0.2, 0.25) is 0 Å². The zero-order valence-electron chi connectivity index (χ0n) is 18.9. The fourth-order valence-electron chi connectivity index (χ4n) is 3.83. The fourth-order valence-corrected chi connectivity index (χ4v) is 3.83. The van der Waals surface area contributed by atoms with Gasteiger partial charge in [-0.1, -0.05) is 63.2 Å². The molecule has 4 rings (SSSR count). The number of hydrogen-bond acceptors (Lipinski definition) is 4. The number of rotatable bonds is 4. The zero-order chi connectivity index (χ0) is 22.9. The van der Waals surface area contributed by atoms with E-state index in [1.807, 2.05) is 43.3 Å². The molecule has 8 nitrogen and oxygen atoms in total. The molecule has 1 aliphatic rings. The average molecular weight is 435 g/mol. The molecular weight excluding hydrogens is 404 g/mol. The van der Waals surface area contributed by atoms with E-state index < -0.39 is 6.29 Å². The van der Waals surface area contributed by atoms with Crippen molar-refractivity contribution in [3.8, 4) is 0 Å². The van der Waals surface area contributed by atoms with Crippen molar-refractivity contribution in [1.29, 1.82) is 0 Å². The lowest BCUT2D eigenvalue weighted by Gasteiger charge is -2.30. The molecule has 2 unspecified atom stereocenters. The summed E-state index contributed by atoms with van der Waals surface area (Å²) in [6.45, 7) is 8.51. The van der Waals surface area contributed by atoms with Crippen LogP contribution < -0.4 is 21.3 Å². The van der Waals surface area contributed by atoms with Crippen molar-refractivity contribution in [3.63, 3.8) is 0 Å². The predicted molar refractivity (Wildman–Crippen MR) is 125 cm³/mol. The molecule has 8 heteroatoms. The molecule has 0 aliphatic carbocycles. The Labute approximate surface area is 187 Å². The first-order chi connectivity index (χ1) is 15.2.